The Balaban J connectivity index is 2.15. The van der Waals surface area contributed by atoms with Gasteiger partial charge in [-0.05, 0) is 24.7 Å². The van der Waals surface area contributed by atoms with Gasteiger partial charge in [0, 0.05) is 18.3 Å². The Morgan fingerprint density at radius 2 is 2.00 bits per heavy atom. The third-order valence-electron chi connectivity index (χ3n) is 2.40. The molecule has 3 nitrogen and oxygen atoms in total. The van der Waals surface area contributed by atoms with Crippen molar-refractivity contribution in [2.75, 3.05) is 13.6 Å². The number of aromatic nitrogens is 2. The Hall–Kier alpha value is -1.68. The summed E-state index contributed by atoms with van der Waals surface area (Å²) in [4.78, 5) is 0. The molecule has 0 aliphatic carbocycles. The summed E-state index contributed by atoms with van der Waals surface area (Å²) < 4.78 is 14.6. The van der Waals surface area contributed by atoms with Crippen LogP contribution in [0.3, 0.4) is 0 Å². The maximum absolute atomic E-state index is 12.7. The van der Waals surface area contributed by atoms with Crippen molar-refractivity contribution < 1.29 is 4.39 Å². The Bertz CT molecular complexity index is 448. The van der Waals surface area contributed by atoms with Gasteiger partial charge >= 0.3 is 0 Å². The molecule has 0 saturated carbocycles. The summed E-state index contributed by atoms with van der Waals surface area (Å²) in [6, 6.07) is 6.43. The number of rotatable bonds is 4. The topological polar surface area (TPSA) is 29.9 Å². The van der Waals surface area contributed by atoms with Crippen LogP contribution in [0.5, 0.6) is 0 Å². The second-order valence-corrected chi connectivity index (χ2v) is 3.60. The van der Waals surface area contributed by atoms with Crippen LogP contribution in [0.2, 0.25) is 0 Å². The minimum atomic E-state index is -0.216. The van der Waals surface area contributed by atoms with Crippen molar-refractivity contribution in [1.82, 2.24) is 15.1 Å². The number of benzene rings is 1. The van der Waals surface area contributed by atoms with Gasteiger partial charge in [0.25, 0.3) is 0 Å². The molecule has 0 saturated heterocycles. The first-order valence-electron chi connectivity index (χ1n) is 5.22. The van der Waals surface area contributed by atoms with Gasteiger partial charge in [-0.2, -0.15) is 5.10 Å². The molecule has 1 heterocycles. The van der Waals surface area contributed by atoms with Crippen LogP contribution in [0.25, 0.3) is 11.1 Å². The highest BCUT2D eigenvalue weighted by Crippen LogP contribution is 2.18. The van der Waals surface area contributed by atoms with Crippen LogP contribution < -0.4 is 5.32 Å². The van der Waals surface area contributed by atoms with Crippen LogP contribution in [-0.4, -0.2) is 23.4 Å². The highest BCUT2D eigenvalue weighted by atomic mass is 19.1. The molecule has 0 aliphatic heterocycles. The van der Waals surface area contributed by atoms with Gasteiger partial charge in [-0.15, -0.1) is 0 Å². The second-order valence-electron chi connectivity index (χ2n) is 3.60. The minimum absolute atomic E-state index is 0.216. The van der Waals surface area contributed by atoms with Gasteiger partial charge in [-0.25, -0.2) is 4.39 Å². The van der Waals surface area contributed by atoms with Crippen LogP contribution in [-0.2, 0) is 6.54 Å². The largest absolute Gasteiger partial charge is 0.318 e. The Morgan fingerprint density at radius 1 is 1.25 bits per heavy atom. The SMILES string of the molecule is CNCCn1cc(-c2ccc(F)cc2)cn1. The Labute approximate surface area is 93.9 Å². The van der Waals surface area contributed by atoms with Crippen LogP contribution in [0.4, 0.5) is 4.39 Å². The Kier molecular flexibility index (Phi) is 3.31. The summed E-state index contributed by atoms with van der Waals surface area (Å²) in [5.74, 6) is -0.216. The van der Waals surface area contributed by atoms with E-state index in [0.29, 0.717) is 0 Å². The molecule has 2 aromatic rings. The summed E-state index contributed by atoms with van der Waals surface area (Å²) in [6.45, 7) is 1.71. The van der Waals surface area contributed by atoms with Gasteiger partial charge in [0.05, 0.1) is 12.7 Å². The van der Waals surface area contributed by atoms with Crippen molar-refractivity contribution >= 4 is 0 Å². The number of hydrogen-bond acceptors (Lipinski definition) is 2. The summed E-state index contributed by atoms with van der Waals surface area (Å²) in [5, 5.41) is 7.30. The third kappa shape index (κ3) is 2.46. The molecular formula is C12H14FN3. The highest BCUT2D eigenvalue weighted by molar-refractivity contribution is 5.61. The maximum Gasteiger partial charge on any atom is 0.123 e. The van der Waals surface area contributed by atoms with Crippen LogP contribution in [0.1, 0.15) is 0 Å². The van der Waals surface area contributed by atoms with Gasteiger partial charge < -0.3 is 5.32 Å². The van der Waals surface area contributed by atoms with Crippen molar-refractivity contribution in [1.29, 1.82) is 0 Å². The zero-order chi connectivity index (χ0) is 11.4. The molecule has 0 aliphatic rings. The van der Waals surface area contributed by atoms with E-state index in [2.05, 4.69) is 10.4 Å². The molecule has 0 spiro atoms. The molecule has 0 radical (unpaired) electrons. The molecule has 16 heavy (non-hydrogen) atoms. The molecule has 84 valence electrons. The van der Waals surface area contributed by atoms with Gasteiger partial charge in [0.15, 0.2) is 0 Å². The molecule has 0 fully saturated rings. The fraction of sp³-hybridized carbons (Fsp3) is 0.250. The lowest BCUT2D eigenvalue weighted by Gasteiger charge is -1.99. The van der Waals surface area contributed by atoms with Crippen LogP contribution in [0.15, 0.2) is 36.7 Å². The van der Waals surface area contributed by atoms with Crippen LogP contribution >= 0.6 is 0 Å². The van der Waals surface area contributed by atoms with E-state index in [0.717, 1.165) is 24.2 Å². The number of nitrogens with one attached hydrogen (secondary N) is 1. The molecule has 0 amide bonds. The predicted molar refractivity (Wildman–Crippen MR) is 61.5 cm³/mol. The molecule has 0 atom stereocenters. The van der Waals surface area contributed by atoms with E-state index in [-0.39, 0.29) is 5.82 Å². The number of halogens is 1. The van der Waals surface area contributed by atoms with E-state index >= 15 is 0 Å². The van der Waals surface area contributed by atoms with E-state index in [4.69, 9.17) is 0 Å². The quantitative estimate of drug-likeness (QED) is 0.851. The second kappa shape index (κ2) is 4.90. The average Bonchev–Trinajstić information content (AvgIpc) is 2.76. The first-order chi connectivity index (χ1) is 7.79. The lowest BCUT2D eigenvalue weighted by atomic mass is 10.1. The standard InChI is InChI=1S/C12H14FN3/c1-14-6-7-16-9-11(8-15-16)10-2-4-12(13)5-3-10/h2-5,8-9,14H,6-7H2,1H3. The lowest BCUT2D eigenvalue weighted by Crippen LogP contribution is -2.14. The first kappa shape index (κ1) is 10.8. The zero-order valence-corrected chi connectivity index (χ0v) is 9.15. The lowest BCUT2D eigenvalue weighted by molar-refractivity contribution is 0.585. The average molecular weight is 219 g/mol. The molecule has 4 heteroatoms. The first-order valence-corrected chi connectivity index (χ1v) is 5.22. The predicted octanol–water partition coefficient (Wildman–Crippen LogP) is 1.91. The maximum atomic E-state index is 12.7. The van der Waals surface area contributed by atoms with Gasteiger partial charge in [0.1, 0.15) is 5.82 Å². The van der Waals surface area contributed by atoms with Crippen molar-refractivity contribution in [2.24, 2.45) is 0 Å². The van der Waals surface area contributed by atoms with Crippen LogP contribution in [0, 0.1) is 5.82 Å². The van der Waals surface area contributed by atoms with Crippen molar-refractivity contribution in [2.45, 2.75) is 6.54 Å². The fourth-order valence-corrected chi connectivity index (χ4v) is 1.50. The molecule has 1 aromatic heterocycles. The molecule has 0 bridgehead atoms. The minimum Gasteiger partial charge on any atom is -0.318 e. The highest BCUT2D eigenvalue weighted by Gasteiger charge is 2.01. The monoisotopic (exact) mass is 219 g/mol. The normalized spacial score (nSPS) is 10.6. The summed E-state index contributed by atoms with van der Waals surface area (Å²) >= 11 is 0. The molecule has 0 unspecified atom stereocenters. The van der Waals surface area contributed by atoms with Crippen molar-refractivity contribution in [3.63, 3.8) is 0 Å². The van der Waals surface area contributed by atoms with Crippen molar-refractivity contribution in [3.8, 4) is 11.1 Å². The Morgan fingerprint density at radius 3 is 2.69 bits per heavy atom. The van der Waals surface area contributed by atoms with E-state index in [1.807, 2.05) is 17.9 Å². The number of hydrogen-bond donors (Lipinski definition) is 1. The van der Waals surface area contributed by atoms with Gasteiger partial charge in [0.2, 0.25) is 0 Å². The summed E-state index contributed by atoms with van der Waals surface area (Å²) in [5.41, 5.74) is 1.99. The molecular weight excluding hydrogens is 205 g/mol. The fourth-order valence-electron chi connectivity index (χ4n) is 1.50. The van der Waals surface area contributed by atoms with Gasteiger partial charge in [-0.3, -0.25) is 4.68 Å². The van der Waals surface area contributed by atoms with E-state index in [9.17, 15) is 4.39 Å². The zero-order valence-electron chi connectivity index (χ0n) is 9.15. The molecule has 1 aromatic carbocycles. The van der Waals surface area contributed by atoms with Gasteiger partial charge in [-0.1, -0.05) is 12.1 Å². The van der Waals surface area contributed by atoms with E-state index < -0.39 is 0 Å². The van der Waals surface area contributed by atoms with E-state index in [1.54, 1.807) is 18.3 Å². The third-order valence-corrected chi connectivity index (χ3v) is 2.40. The smallest absolute Gasteiger partial charge is 0.123 e. The van der Waals surface area contributed by atoms with E-state index in [1.165, 1.54) is 12.1 Å². The number of nitrogens with zero attached hydrogens (tertiary/aromatic N) is 2. The summed E-state index contributed by atoms with van der Waals surface area (Å²) in [7, 11) is 1.91. The number of likely N-dealkylation sites (N-methyl/N-ethyl adjacent to an activating group) is 1. The van der Waals surface area contributed by atoms with Crippen molar-refractivity contribution in [3.05, 3.63) is 42.5 Å². The molecule has 2 rings (SSSR count). The summed E-state index contributed by atoms with van der Waals surface area (Å²) in [6.07, 6.45) is 3.76. The molecule has 1 N–H and O–H groups in total.